The highest BCUT2D eigenvalue weighted by Crippen LogP contribution is 2.30. The third kappa shape index (κ3) is 4.05. The van der Waals surface area contributed by atoms with Gasteiger partial charge in [0.2, 0.25) is 0 Å². The highest BCUT2D eigenvalue weighted by atomic mass is 35.5. The Bertz CT molecular complexity index is 1230. The van der Waals surface area contributed by atoms with Crippen molar-refractivity contribution in [1.82, 2.24) is 5.43 Å². The molecule has 31 heavy (non-hydrogen) atoms. The number of esters is 1. The van der Waals surface area contributed by atoms with Gasteiger partial charge < -0.3 is 9.15 Å². The van der Waals surface area contributed by atoms with E-state index >= 15 is 0 Å². The molecule has 1 aliphatic rings. The van der Waals surface area contributed by atoms with Crippen LogP contribution in [0, 0.1) is 0 Å². The van der Waals surface area contributed by atoms with Crippen molar-refractivity contribution < 1.29 is 23.5 Å². The summed E-state index contributed by atoms with van der Waals surface area (Å²) in [5, 5.41) is 1.90. The van der Waals surface area contributed by atoms with Gasteiger partial charge in [0.15, 0.2) is 0 Å². The molecule has 3 aromatic rings. The summed E-state index contributed by atoms with van der Waals surface area (Å²) in [5.41, 5.74) is 3.82. The second-order valence-corrected chi connectivity index (χ2v) is 7.32. The van der Waals surface area contributed by atoms with Crippen LogP contribution in [-0.2, 0) is 14.3 Å². The van der Waals surface area contributed by atoms with Gasteiger partial charge in [-0.2, -0.15) is 0 Å². The number of nitrogens with zero attached hydrogens (tertiary/aromatic N) is 1. The second-order valence-electron chi connectivity index (χ2n) is 6.51. The van der Waals surface area contributed by atoms with Crippen LogP contribution in [0.1, 0.15) is 16.1 Å². The molecule has 2 heterocycles. The van der Waals surface area contributed by atoms with Crippen molar-refractivity contribution in [1.29, 1.82) is 0 Å². The van der Waals surface area contributed by atoms with Crippen molar-refractivity contribution in [3.63, 3.8) is 0 Å². The molecule has 156 valence electrons. The van der Waals surface area contributed by atoms with E-state index in [2.05, 4.69) is 10.2 Å². The minimum Gasteiger partial charge on any atom is -0.465 e. The Labute approximate surface area is 186 Å². The lowest BCUT2D eigenvalue weighted by Crippen LogP contribution is -2.35. The summed E-state index contributed by atoms with van der Waals surface area (Å²) < 4.78 is 10.4. The van der Waals surface area contributed by atoms with Crippen molar-refractivity contribution in [2.24, 2.45) is 0 Å². The van der Waals surface area contributed by atoms with Gasteiger partial charge in [-0.1, -0.05) is 23.2 Å². The van der Waals surface area contributed by atoms with Crippen LogP contribution in [0.25, 0.3) is 17.4 Å². The maximum atomic E-state index is 12.8. The maximum absolute atomic E-state index is 12.8. The van der Waals surface area contributed by atoms with Crippen LogP contribution in [0.2, 0.25) is 10.0 Å². The fourth-order valence-electron chi connectivity index (χ4n) is 2.98. The minimum atomic E-state index is -0.575. The number of carbonyl (C=O) groups is 3. The first-order valence-corrected chi connectivity index (χ1v) is 9.74. The fourth-order valence-corrected chi connectivity index (χ4v) is 3.28. The van der Waals surface area contributed by atoms with E-state index in [-0.39, 0.29) is 5.57 Å². The molecule has 0 atom stereocenters. The van der Waals surface area contributed by atoms with Crippen molar-refractivity contribution in [3.8, 4) is 11.3 Å². The molecule has 2 amide bonds. The zero-order chi connectivity index (χ0) is 22.1. The van der Waals surface area contributed by atoms with Crippen LogP contribution in [0.15, 0.2) is 64.6 Å². The molecular formula is C22H14Cl2N2O5. The molecule has 0 aliphatic carbocycles. The number of ether oxygens (including phenoxy) is 1. The van der Waals surface area contributed by atoms with Crippen molar-refractivity contribution >= 4 is 52.7 Å². The van der Waals surface area contributed by atoms with Gasteiger partial charge in [0.05, 0.1) is 28.4 Å². The number of methoxy groups -OCH3 is 1. The number of carbonyl (C=O) groups excluding carboxylic acids is 3. The number of rotatable bonds is 4. The van der Waals surface area contributed by atoms with Gasteiger partial charge in [0.25, 0.3) is 11.8 Å². The quantitative estimate of drug-likeness (QED) is 0.354. The Hall–Kier alpha value is -3.55. The molecule has 1 aliphatic heterocycles. The summed E-state index contributed by atoms with van der Waals surface area (Å²) >= 11 is 12.0. The first-order valence-electron chi connectivity index (χ1n) is 8.98. The molecule has 2 aromatic carbocycles. The highest BCUT2D eigenvalue weighted by Gasteiger charge is 2.34. The summed E-state index contributed by atoms with van der Waals surface area (Å²) in [6, 6.07) is 14.5. The summed E-state index contributed by atoms with van der Waals surface area (Å²) in [4.78, 5) is 36.7. The predicted molar refractivity (Wildman–Crippen MR) is 116 cm³/mol. The number of anilines is 1. The molecule has 1 fully saturated rings. The van der Waals surface area contributed by atoms with E-state index in [1.807, 2.05) is 0 Å². The highest BCUT2D eigenvalue weighted by molar-refractivity contribution is 6.42. The third-order valence-electron chi connectivity index (χ3n) is 4.56. The molecule has 0 radical (unpaired) electrons. The molecule has 1 saturated heterocycles. The predicted octanol–water partition coefficient (Wildman–Crippen LogP) is 4.50. The minimum absolute atomic E-state index is 0.0907. The summed E-state index contributed by atoms with van der Waals surface area (Å²) in [7, 11) is 1.28. The lowest BCUT2D eigenvalue weighted by molar-refractivity contribution is -0.117. The van der Waals surface area contributed by atoms with Gasteiger partial charge in [-0.3, -0.25) is 15.0 Å². The van der Waals surface area contributed by atoms with Crippen molar-refractivity contribution in [2.75, 3.05) is 12.1 Å². The summed E-state index contributed by atoms with van der Waals surface area (Å²) in [5.74, 6) is -0.800. The number of hydrogen-bond acceptors (Lipinski definition) is 5. The molecule has 0 bridgehead atoms. The van der Waals surface area contributed by atoms with E-state index in [1.54, 1.807) is 30.3 Å². The van der Waals surface area contributed by atoms with Gasteiger partial charge in [-0.05, 0) is 60.7 Å². The third-order valence-corrected chi connectivity index (χ3v) is 5.29. The second kappa shape index (κ2) is 8.29. The Balaban J connectivity index is 1.57. The Morgan fingerprint density at radius 1 is 1.03 bits per heavy atom. The molecule has 0 spiro atoms. The van der Waals surface area contributed by atoms with Gasteiger partial charge >= 0.3 is 5.97 Å². The largest absolute Gasteiger partial charge is 0.465 e. The van der Waals surface area contributed by atoms with E-state index in [0.717, 1.165) is 5.01 Å². The Morgan fingerprint density at radius 3 is 2.45 bits per heavy atom. The molecule has 7 nitrogen and oxygen atoms in total. The normalized spacial score (nSPS) is 14.8. The van der Waals surface area contributed by atoms with Crippen molar-refractivity contribution in [2.45, 2.75) is 0 Å². The number of hydrogen-bond donors (Lipinski definition) is 1. The molecule has 9 heteroatoms. The number of furan rings is 1. The zero-order valence-corrected chi connectivity index (χ0v) is 17.5. The maximum Gasteiger partial charge on any atom is 0.337 e. The van der Waals surface area contributed by atoms with Gasteiger partial charge in [-0.25, -0.2) is 9.80 Å². The monoisotopic (exact) mass is 456 g/mol. The molecule has 0 saturated carbocycles. The van der Waals surface area contributed by atoms with E-state index < -0.39 is 17.8 Å². The molecule has 4 rings (SSSR count). The van der Waals surface area contributed by atoms with Gasteiger partial charge in [0, 0.05) is 5.56 Å². The van der Waals surface area contributed by atoms with Crippen LogP contribution in [0.4, 0.5) is 5.69 Å². The molecule has 0 unspecified atom stereocenters. The van der Waals surface area contributed by atoms with Gasteiger partial charge in [-0.15, -0.1) is 0 Å². The molecule has 1 N–H and O–H groups in total. The van der Waals surface area contributed by atoms with Crippen molar-refractivity contribution in [3.05, 3.63) is 81.5 Å². The SMILES string of the molecule is COC(=O)c1ccc(N2NC(=O)/C(=C\c3ccc(-c4ccc(Cl)c(Cl)c4)o3)C2=O)cc1. The lowest BCUT2D eigenvalue weighted by Gasteiger charge is -2.14. The van der Waals surface area contributed by atoms with E-state index in [1.165, 1.54) is 37.5 Å². The zero-order valence-electron chi connectivity index (χ0n) is 16.0. The average Bonchev–Trinajstić information content (AvgIpc) is 3.35. The summed E-state index contributed by atoms with van der Waals surface area (Å²) in [6.07, 6.45) is 1.36. The van der Waals surface area contributed by atoms with E-state index in [9.17, 15) is 14.4 Å². The first kappa shape index (κ1) is 20.7. The molecule has 1 aromatic heterocycles. The smallest absolute Gasteiger partial charge is 0.337 e. The van der Waals surface area contributed by atoms with Crippen LogP contribution in [0.3, 0.4) is 0 Å². The lowest BCUT2D eigenvalue weighted by atomic mass is 10.2. The number of halogens is 2. The van der Waals surface area contributed by atoms with E-state index in [0.29, 0.717) is 38.4 Å². The molecular weight excluding hydrogens is 443 g/mol. The fraction of sp³-hybridized carbons (Fsp3) is 0.0455. The van der Waals surface area contributed by atoms with Crippen LogP contribution < -0.4 is 10.4 Å². The topological polar surface area (TPSA) is 88.8 Å². The van der Waals surface area contributed by atoms with E-state index in [4.69, 9.17) is 27.6 Å². The average molecular weight is 457 g/mol. The van der Waals surface area contributed by atoms with Crippen LogP contribution in [-0.4, -0.2) is 24.9 Å². The number of nitrogens with one attached hydrogen (secondary N) is 1. The number of amides is 2. The standard InChI is InChI=1S/C22H14Cl2N2O5/c1-30-22(29)12-2-5-14(6-3-12)26-21(28)16(20(27)25-26)11-15-7-9-19(31-15)13-4-8-17(23)18(24)10-13/h2-11H,1H3,(H,25,27)/b16-11+. The Morgan fingerprint density at radius 2 is 1.77 bits per heavy atom. The Kier molecular flexibility index (Phi) is 5.54. The summed E-state index contributed by atoms with van der Waals surface area (Å²) in [6.45, 7) is 0. The van der Waals surface area contributed by atoms with Gasteiger partial charge in [0.1, 0.15) is 17.1 Å². The van der Waals surface area contributed by atoms with Crippen LogP contribution >= 0.6 is 23.2 Å². The first-order chi connectivity index (χ1) is 14.9. The number of benzene rings is 2. The number of hydrazine groups is 1. The van der Waals surface area contributed by atoms with Crippen LogP contribution in [0.5, 0.6) is 0 Å².